The Morgan fingerprint density at radius 2 is 2.19 bits per heavy atom. The first-order valence-corrected chi connectivity index (χ1v) is 10.5. The number of nitrogens with two attached hydrogens (primary N) is 1. The zero-order chi connectivity index (χ0) is 22.6. The van der Waals surface area contributed by atoms with Crippen LogP contribution in [0.2, 0.25) is 5.28 Å². The van der Waals surface area contributed by atoms with Gasteiger partial charge in [0.1, 0.15) is 30.4 Å². The Hall–Kier alpha value is -2.83. The highest BCUT2D eigenvalue weighted by molar-refractivity contribution is 6.28. The van der Waals surface area contributed by atoms with E-state index in [2.05, 4.69) is 15.9 Å². The molecule has 0 unspecified atom stereocenters. The molecule has 0 saturated carbocycles. The maximum atomic E-state index is 12.1. The Kier molecular flexibility index (Phi) is 7.03. The van der Waals surface area contributed by atoms with Gasteiger partial charge in [0.15, 0.2) is 0 Å². The van der Waals surface area contributed by atoms with Gasteiger partial charge in [-0.3, -0.25) is 9.59 Å². The SMILES string of the molecule is C#C[C@]1(COC(=O)CCCC)O[C@@H](n2ccc3c(N)nc(Cl)nc32)C[C@@H]1OC(=O)CC. The lowest BCUT2D eigenvalue weighted by Crippen LogP contribution is -2.45. The van der Waals surface area contributed by atoms with E-state index in [1.807, 2.05) is 6.92 Å². The number of fused-ring (bicyclic) bond motifs is 1. The van der Waals surface area contributed by atoms with E-state index in [0.717, 1.165) is 6.42 Å². The Balaban J connectivity index is 1.90. The summed E-state index contributed by atoms with van der Waals surface area (Å²) in [5, 5.41) is 0.587. The zero-order valence-corrected chi connectivity index (χ0v) is 18.2. The third-order valence-electron chi connectivity index (χ3n) is 5.16. The minimum atomic E-state index is -1.43. The molecule has 3 atom stereocenters. The summed E-state index contributed by atoms with van der Waals surface area (Å²) in [5.41, 5.74) is 4.95. The maximum Gasteiger partial charge on any atom is 0.305 e. The molecule has 0 amide bonds. The van der Waals surface area contributed by atoms with Gasteiger partial charge in [-0.05, 0) is 24.1 Å². The van der Waals surface area contributed by atoms with Crippen LogP contribution in [0.1, 0.15) is 52.2 Å². The summed E-state index contributed by atoms with van der Waals surface area (Å²) in [6.07, 6.45) is 8.30. The second-order valence-electron chi connectivity index (χ2n) is 7.28. The van der Waals surface area contributed by atoms with Gasteiger partial charge in [-0.2, -0.15) is 4.98 Å². The van der Waals surface area contributed by atoms with Crippen molar-refractivity contribution in [3.8, 4) is 12.3 Å². The number of carbonyl (C=O) groups is 2. The van der Waals surface area contributed by atoms with Crippen molar-refractivity contribution >= 4 is 40.4 Å². The van der Waals surface area contributed by atoms with Crippen LogP contribution in [0.25, 0.3) is 11.0 Å². The first-order chi connectivity index (χ1) is 14.8. The van der Waals surface area contributed by atoms with Gasteiger partial charge in [-0.15, -0.1) is 6.42 Å². The number of halogens is 1. The molecule has 2 aromatic rings. The molecular weight excluding hydrogens is 424 g/mol. The van der Waals surface area contributed by atoms with Gasteiger partial charge >= 0.3 is 11.9 Å². The fourth-order valence-corrected chi connectivity index (χ4v) is 3.60. The van der Waals surface area contributed by atoms with Gasteiger partial charge in [0.2, 0.25) is 10.9 Å². The van der Waals surface area contributed by atoms with Gasteiger partial charge in [0.05, 0.1) is 5.39 Å². The smallest absolute Gasteiger partial charge is 0.305 e. The lowest BCUT2D eigenvalue weighted by Gasteiger charge is -2.28. The Morgan fingerprint density at radius 3 is 2.87 bits per heavy atom. The average Bonchev–Trinajstić information content (AvgIpc) is 3.32. The molecule has 10 heteroatoms. The standard InChI is InChI=1S/C21H25ClN4O5/c1-4-7-8-17(28)29-12-21(6-3)14(30-16(27)5-2)11-15(31-21)26-10-9-13-18(23)24-20(22)25-19(13)26/h3,9-10,14-15H,4-5,7-8,11-12H2,1-2H3,(H2,23,24,25)/t14-,15+,21+/m0/s1. The number of esters is 2. The molecule has 0 bridgehead atoms. The molecule has 0 spiro atoms. The number of nitrogen functional groups attached to an aromatic ring is 1. The first-order valence-electron chi connectivity index (χ1n) is 10.1. The van der Waals surface area contributed by atoms with E-state index in [4.69, 9.17) is 38.0 Å². The van der Waals surface area contributed by atoms with E-state index in [0.29, 0.717) is 17.5 Å². The molecule has 3 rings (SSSR count). The number of rotatable bonds is 8. The second-order valence-corrected chi connectivity index (χ2v) is 7.61. The molecule has 1 aliphatic rings. The summed E-state index contributed by atoms with van der Waals surface area (Å²) in [6.45, 7) is 3.42. The van der Waals surface area contributed by atoms with Crippen molar-refractivity contribution in [3.05, 3.63) is 17.5 Å². The highest BCUT2D eigenvalue weighted by Gasteiger charge is 2.52. The van der Waals surface area contributed by atoms with Crippen molar-refractivity contribution in [2.24, 2.45) is 0 Å². The number of terminal acetylenes is 1. The van der Waals surface area contributed by atoms with Gasteiger partial charge < -0.3 is 24.5 Å². The Labute approximate surface area is 185 Å². The van der Waals surface area contributed by atoms with Crippen molar-refractivity contribution in [1.82, 2.24) is 14.5 Å². The van der Waals surface area contributed by atoms with Gasteiger partial charge in [-0.1, -0.05) is 26.2 Å². The monoisotopic (exact) mass is 448 g/mol. The molecular formula is C21H25ClN4O5. The largest absolute Gasteiger partial charge is 0.461 e. The number of hydrogen-bond donors (Lipinski definition) is 1. The number of hydrogen-bond acceptors (Lipinski definition) is 8. The first kappa shape index (κ1) is 22.8. The number of nitrogens with zero attached hydrogens (tertiary/aromatic N) is 3. The maximum absolute atomic E-state index is 12.1. The van der Waals surface area contributed by atoms with E-state index in [-0.39, 0.29) is 42.9 Å². The molecule has 0 aromatic carbocycles. The summed E-state index contributed by atoms with van der Waals surface area (Å²) < 4.78 is 18.8. The van der Waals surface area contributed by atoms with Crippen LogP contribution in [0, 0.1) is 12.3 Å². The lowest BCUT2D eigenvalue weighted by atomic mass is 9.98. The molecule has 0 radical (unpaired) electrons. The van der Waals surface area contributed by atoms with Crippen LogP contribution in [-0.4, -0.2) is 44.8 Å². The number of aromatic nitrogens is 3. The number of carbonyl (C=O) groups excluding carboxylic acids is 2. The average molecular weight is 449 g/mol. The molecule has 1 fully saturated rings. The van der Waals surface area contributed by atoms with Crippen molar-refractivity contribution in [2.75, 3.05) is 12.3 Å². The molecule has 1 saturated heterocycles. The van der Waals surface area contributed by atoms with Crippen molar-refractivity contribution in [2.45, 2.75) is 63.9 Å². The van der Waals surface area contributed by atoms with E-state index < -0.39 is 23.9 Å². The van der Waals surface area contributed by atoms with Crippen molar-refractivity contribution in [3.63, 3.8) is 0 Å². The van der Waals surface area contributed by atoms with E-state index in [1.54, 1.807) is 23.8 Å². The minimum absolute atomic E-state index is 0.00928. The molecule has 0 aliphatic carbocycles. The number of unbranched alkanes of at least 4 members (excludes halogenated alkanes) is 1. The molecule has 31 heavy (non-hydrogen) atoms. The van der Waals surface area contributed by atoms with E-state index in [1.165, 1.54) is 0 Å². The predicted octanol–water partition coefficient (Wildman–Crippen LogP) is 3.01. The molecule has 9 nitrogen and oxygen atoms in total. The fourth-order valence-electron chi connectivity index (χ4n) is 3.43. The zero-order valence-electron chi connectivity index (χ0n) is 17.5. The van der Waals surface area contributed by atoms with Crippen LogP contribution in [0.4, 0.5) is 5.82 Å². The van der Waals surface area contributed by atoms with E-state index in [9.17, 15) is 9.59 Å². The normalized spacial score (nSPS) is 22.9. The number of anilines is 1. The quantitative estimate of drug-likeness (QED) is 0.372. The molecule has 166 valence electrons. The van der Waals surface area contributed by atoms with Gasteiger partial charge in [0.25, 0.3) is 0 Å². The molecule has 2 N–H and O–H groups in total. The third-order valence-corrected chi connectivity index (χ3v) is 5.32. The topological polar surface area (TPSA) is 119 Å². The minimum Gasteiger partial charge on any atom is -0.461 e. The summed E-state index contributed by atoms with van der Waals surface area (Å²) in [7, 11) is 0. The molecule has 2 aromatic heterocycles. The van der Waals surface area contributed by atoms with Gasteiger partial charge in [0, 0.05) is 25.5 Å². The summed E-state index contributed by atoms with van der Waals surface area (Å²) in [4.78, 5) is 32.3. The highest BCUT2D eigenvalue weighted by Crippen LogP contribution is 2.40. The van der Waals surface area contributed by atoms with Crippen LogP contribution in [0.5, 0.6) is 0 Å². The summed E-state index contributed by atoms with van der Waals surface area (Å²) in [6, 6.07) is 1.73. The van der Waals surface area contributed by atoms with Crippen molar-refractivity contribution < 1.29 is 23.8 Å². The molecule has 1 aliphatic heterocycles. The fraction of sp³-hybridized carbons (Fsp3) is 0.524. The summed E-state index contributed by atoms with van der Waals surface area (Å²) in [5.74, 6) is 1.97. The lowest BCUT2D eigenvalue weighted by molar-refractivity contribution is -0.166. The Bertz CT molecular complexity index is 1020. The number of ether oxygens (including phenoxy) is 3. The second kappa shape index (κ2) is 9.54. The summed E-state index contributed by atoms with van der Waals surface area (Å²) >= 11 is 5.97. The Morgan fingerprint density at radius 1 is 1.42 bits per heavy atom. The molecule has 3 heterocycles. The van der Waals surface area contributed by atoms with Crippen LogP contribution >= 0.6 is 11.6 Å². The van der Waals surface area contributed by atoms with Crippen LogP contribution < -0.4 is 5.73 Å². The van der Waals surface area contributed by atoms with Crippen molar-refractivity contribution in [1.29, 1.82) is 0 Å². The van der Waals surface area contributed by atoms with Crippen LogP contribution in [0.3, 0.4) is 0 Å². The van der Waals surface area contributed by atoms with E-state index >= 15 is 0 Å². The highest BCUT2D eigenvalue weighted by atomic mass is 35.5. The predicted molar refractivity (Wildman–Crippen MR) is 114 cm³/mol. The van der Waals surface area contributed by atoms with Crippen LogP contribution in [-0.2, 0) is 23.8 Å². The van der Waals surface area contributed by atoms with Crippen LogP contribution in [0.15, 0.2) is 12.3 Å². The van der Waals surface area contributed by atoms with Gasteiger partial charge in [-0.25, -0.2) is 4.98 Å². The third kappa shape index (κ3) is 4.75.